The Morgan fingerprint density at radius 2 is 1.79 bits per heavy atom. The van der Waals surface area contributed by atoms with Crippen LogP contribution in [0, 0.1) is 24.0 Å². The lowest BCUT2D eigenvalue weighted by molar-refractivity contribution is -0.384. The third kappa shape index (κ3) is 4.71. The molecule has 0 aliphatic carbocycles. The van der Waals surface area contributed by atoms with Gasteiger partial charge < -0.3 is 5.32 Å². The van der Waals surface area contributed by atoms with Crippen molar-refractivity contribution in [2.24, 2.45) is 0 Å². The lowest BCUT2D eigenvalue weighted by Crippen LogP contribution is -2.04. The van der Waals surface area contributed by atoms with Crippen LogP contribution in [0.5, 0.6) is 0 Å². The number of aryl methyl sites for hydroxylation is 3. The number of hydrogen-bond donors (Lipinski definition) is 1. The molecule has 144 valence electrons. The van der Waals surface area contributed by atoms with Crippen LogP contribution in [0.4, 0.5) is 17.3 Å². The zero-order valence-electron chi connectivity index (χ0n) is 16.4. The smallest absolute Gasteiger partial charge is 0.271 e. The van der Waals surface area contributed by atoms with E-state index in [4.69, 9.17) is 0 Å². The molecule has 1 aromatic heterocycles. The molecule has 0 saturated heterocycles. The third-order valence-corrected chi connectivity index (χ3v) is 4.59. The number of aromatic nitrogens is 2. The molecule has 0 aliphatic rings. The number of nitro benzene ring substituents is 1. The maximum absolute atomic E-state index is 11.1. The van der Waals surface area contributed by atoms with Gasteiger partial charge in [0.1, 0.15) is 0 Å². The minimum absolute atomic E-state index is 0.0361. The van der Waals surface area contributed by atoms with Crippen molar-refractivity contribution in [2.45, 2.75) is 40.0 Å². The Morgan fingerprint density at radius 1 is 1.04 bits per heavy atom. The van der Waals surface area contributed by atoms with Gasteiger partial charge in [-0.25, -0.2) is 9.97 Å². The molecule has 0 atom stereocenters. The maximum Gasteiger partial charge on any atom is 0.271 e. The van der Waals surface area contributed by atoms with Crippen LogP contribution in [0.15, 0.2) is 48.5 Å². The number of anilines is 2. The highest BCUT2D eigenvalue weighted by Crippen LogP contribution is 2.26. The van der Waals surface area contributed by atoms with E-state index in [1.807, 2.05) is 25.1 Å². The molecule has 6 heteroatoms. The summed E-state index contributed by atoms with van der Waals surface area (Å²) in [6.45, 7) is 6.09. The molecule has 1 N–H and O–H groups in total. The number of rotatable bonds is 7. The average Bonchev–Trinajstić information content (AvgIpc) is 2.68. The van der Waals surface area contributed by atoms with Crippen LogP contribution in [-0.2, 0) is 6.42 Å². The Morgan fingerprint density at radius 3 is 2.46 bits per heavy atom. The van der Waals surface area contributed by atoms with E-state index in [2.05, 4.69) is 41.3 Å². The van der Waals surface area contributed by atoms with E-state index in [9.17, 15) is 10.1 Å². The number of nitrogens with zero attached hydrogens (tertiary/aromatic N) is 3. The first-order valence-electron chi connectivity index (χ1n) is 9.43. The highest BCUT2D eigenvalue weighted by molar-refractivity contribution is 5.66. The van der Waals surface area contributed by atoms with Crippen molar-refractivity contribution >= 4 is 17.3 Å². The lowest BCUT2D eigenvalue weighted by atomic mass is 10.1. The number of nitro groups is 1. The van der Waals surface area contributed by atoms with Crippen molar-refractivity contribution in [3.63, 3.8) is 0 Å². The van der Waals surface area contributed by atoms with Crippen LogP contribution in [-0.4, -0.2) is 14.9 Å². The van der Waals surface area contributed by atoms with Crippen molar-refractivity contribution in [3.8, 4) is 11.3 Å². The van der Waals surface area contributed by atoms with Crippen molar-refractivity contribution in [1.29, 1.82) is 0 Å². The molecule has 0 amide bonds. The summed E-state index contributed by atoms with van der Waals surface area (Å²) in [5.74, 6) is 0.452. The van der Waals surface area contributed by atoms with E-state index in [0.717, 1.165) is 41.8 Å². The van der Waals surface area contributed by atoms with Gasteiger partial charge in [-0.05, 0) is 38.3 Å². The molecule has 1 heterocycles. The molecule has 28 heavy (non-hydrogen) atoms. The van der Waals surface area contributed by atoms with E-state index < -0.39 is 4.92 Å². The van der Waals surface area contributed by atoms with Crippen LogP contribution in [0.1, 0.15) is 36.6 Å². The maximum atomic E-state index is 11.1. The average molecular weight is 376 g/mol. The summed E-state index contributed by atoms with van der Waals surface area (Å²) >= 11 is 0. The molecule has 3 aromatic rings. The van der Waals surface area contributed by atoms with Gasteiger partial charge in [0.2, 0.25) is 5.95 Å². The fraction of sp³-hybridized carbons (Fsp3) is 0.273. The predicted octanol–water partition coefficient (Wildman–Crippen LogP) is 5.75. The van der Waals surface area contributed by atoms with Gasteiger partial charge in [0.15, 0.2) is 0 Å². The molecule has 0 spiro atoms. The van der Waals surface area contributed by atoms with Gasteiger partial charge in [-0.3, -0.25) is 10.1 Å². The van der Waals surface area contributed by atoms with Crippen LogP contribution < -0.4 is 5.32 Å². The lowest BCUT2D eigenvalue weighted by Gasteiger charge is -2.12. The van der Waals surface area contributed by atoms with Crippen LogP contribution in [0.25, 0.3) is 11.3 Å². The van der Waals surface area contributed by atoms with Crippen LogP contribution in [0.2, 0.25) is 0 Å². The Labute approximate surface area is 164 Å². The largest absolute Gasteiger partial charge is 0.324 e. The molecular formula is C22H24N4O2. The molecular weight excluding hydrogens is 352 g/mol. The Hall–Kier alpha value is -3.28. The van der Waals surface area contributed by atoms with Crippen LogP contribution in [0.3, 0.4) is 0 Å². The molecule has 0 radical (unpaired) electrons. The predicted molar refractivity (Wildman–Crippen MR) is 112 cm³/mol. The van der Waals surface area contributed by atoms with E-state index in [0.29, 0.717) is 11.6 Å². The number of benzene rings is 2. The molecule has 0 aliphatic heterocycles. The minimum atomic E-state index is -0.402. The van der Waals surface area contributed by atoms with E-state index in [1.54, 1.807) is 6.07 Å². The molecule has 3 rings (SSSR count). The Balaban J connectivity index is 2.00. The van der Waals surface area contributed by atoms with Crippen molar-refractivity contribution < 1.29 is 4.92 Å². The van der Waals surface area contributed by atoms with Gasteiger partial charge in [-0.2, -0.15) is 0 Å². The quantitative estimate of drug-likeness (QED) is 0.419. The fourth-order valence-electron chi connectivity index (χ4n) is 2.89. The van der Waals surface area contributed by atoms with Gasteiger partial charge in [0, 0.05) is 23.4 Å². The summed E-state index contributed by atoms with van der Waals surface area (Å²) < 4.78 is 0. The van der Waals surface area contributed by atoms with Crippen LogP contribution >= 0.6 is 0 Å². The second-order valence-corrected chi connectivity index (χ2v) is 6.92. The van der Waals surface area contributed by atoms with Gasteiger partial charge in [0.05, 0.1) is 16.3 Å². The second-order valence-electron chi connectivity index (χ2n) is 6.92. The first kappa shape index (κ1) is 19.5. The van der Waals surface area contributed by atoms with E-state index in [1.165, 1.54) is 17.7 Å². The molecule has 0 fully saturated rings. The topological polar surface area (TPSA) is 81.0 Å². The third-order valence-electron chi connectivity index (χ3n) is 4.59. The Kier molecular flexibility index (Phi) is 5.99. The minimum Gasteiger partial charge on any atom is -0.324 e. The molecule has 2 aromatic carbocycles. The zero-order valence-corrected chi connectivity index (χ0v) is 16.4. The summed E-state index contributed by atoms with van der Waals surface area (Å²) in [5.41, 5.74) is 5.57. The van der Waals surface area contributed by atoms with Gasteiger partial charge in [-0.15, -0.1) is 0 Å². The SMILES string of the molecule is CCCCc1cc(-c2ccc(C)cc2)nc(Nc2cc([N+](=O)[O-])ccc2C)n1. The Bertz CT molecular complexity index is 984. The van der Waals surface area contributed by atoms with E-state index >= 15 is 0 Å². The summed E-state index contributed by atoms with van der Waals surface area (Å²) in [4.78, 5) is 20.0. The fourth-order valence-corrected chi connectivity index (χ4v) is 2.89. The zero-order chi connectivity index (χ0) is 20.1. The number of non-ortho nitro benzene ring substituents is 1. The van der Waals surface area contributed by atoms with Crippen molar-refractivity contribution in [2.75, 3.05) is 5.32 Å². The summed E-state index contributed by atoms with van der Waals surface area (Å²) in [6.07, 6.45) is 2.98. The van der Waals surface area contributed by atoms with Crippen molar-refractivity contribution in [3.05, 3.63) is 75.5 Å². The second kappa shape index (κ2) is 8.61. The molecule has 0 bridgehead atoms. The molecule has 0 saturated carbocycles. The molecule has 0 unspecified atom stereocenters. The van der Waals surface area contributed by atoms with Crippen molar-refractivity contribution in [1.82, 2.24) is 9.97 Å². The normalized spacial score (nSPS) is 10.7. The highest BCUT2D eigenvalue weighted by Gasteiger charge is 2.12. The summed E-state index contributed by atoms with van der Waals surface area (Å²) in [6, 6.07) is 15.0. The molecule has 6 nitrogen and oxygen atoms in total. The highest BCUT2D eigenvalue weighted by atomic mass is 16.6. The summed E-state index contributed by atoms with van der Waals surface area (Å²) in [5, 5.41) is 14.3. The number of nitrogens with one attached hydrogen (secondary N) is 1. The number of unbranched alkanes of at least 4 members (excludes halogenated alkanes) is 1. The monoisotopic (exact) mass is 376 g/mol. The van der Waals surface area contributed by atoms with Gasteiger partial charge >= 0.3 is 0 Å². The summed E-state index contributed by atoms with van der Waals surface area (Å²) in [7, 11) is 0. The first-order valence-corrected chi connectivity index (χ1v) is 9.43. The van der Waals surface area contributed by atoms with Gasteiger partial charge in [0.25, 0.3) is 5.69 Å². The standard InChI is InChI=1S/C22H24N4O2/c1-4-5-6-18-13-21(17-10-7-15(2)8-11-17)25-22(23-18)24-20-14-19(26(27)28)12-9-16(20)3/h7-14H,4-6H2,1-3H3,(H,23,24,25). The van der Waals surface area contributed by atoms with Gasteiger partial charge in [-0.1, -0.05) is 49.2 Å². The van der Waals surface area contributed by atoms with E-state index in [-0.39, 0.29) is 5.69 Å². The first-order chi connectivity index (χ1) is 13.5. The number of hydrogen-bond acceptors (Lipinski definition) is 5.